The zero-order valence-corrected chi connectivity index (χ0v) is 14.7. The Balaban J connectivity index is 2.29. The summed E-state index contributed by atoms with van der Waals surface area (Å²) in [5.41, 5.74) is 0.750. The number of sulfonamides is 1. The van der Waals surface area contributed by atoms with E-state index in [1.165, 1.54) is 6.92 Å². The van der Waals surface area contributed by atoms with Crippen LogP contribution >= 0.6 is 0 Å². The van der Waals surface area contributed by atoms with Crippen LogP contribution < -0.4 is 10.0 Å². The Bertz CT molecular complexity index is 808. The van der Waals surface area contributed by atoms with Gasteiger partial charge in [-0.3, -0.25) is 9.52 Å². The Morgan fingerprint density at radius 1 is 1.25 bits per heavy atom. The molecule has 130 valence electrons. The number of aromatic nitrogens is 1. The molecule has 0 fully saturated rings. The molecule has 0 unspecified atom stereocenters. The Morgan fingerprint density at radius 3 is 2.58 bits per heavy atom. The van der Waals surface area contributed by atoms with Crippen LogP contribution in [0, 0.1) is 13.8 Å². The highest BCUT2D eigenvalue weighted by Gasteiger charge is 2.25. The molecule has 24 heavy (non-hydrogen) atoms. The molecule has 0 spiro atoms. The summed E-state index contributed by atoms with van der Waals surface area (Å²) >= 11 is 0. The van der Waals surface area contributed by atoms with Gasteiger partial charge in [0.1, 0.15) is 5.69 Å². The first-order valence-electron chi connectivity index (χ1n) is 7.69. The predicted molar refractivity (Wildman–Crippen MR) is 90.5 cm³/mol. The van der Waals surface area contributed by atoms with E-state index in [1.807, 2.05) is 6.92 Å². The third-order valence-electron chi connectivity index (χ3n) is 3.47. The van der Waals surface area contributed by atoms with E-state index in [0.717, 1.165) is 12.8 Å². The van der Waals surface area contributed by atoms with E-state index in [1.54, 1.807) is 31.2 Å². The van der Waals surface area contributed by atoms with E-state index in [2.05, 4.69) is 15.2 Å². The number of nitrogens with one attached hydrogen (secondary N) is 2. The van der Waals surface area contributed by atoms with Gasteiger partial charge in [0.2, 0.25) is 0 Å². The maximum absolute atomic E-state index is 12.6. The van der Waals surface area contributed by atoms with Gasteiger partial charge in [0.25, 0.3) is 15.9 Å². The molecule has 2 aromatic rings. The number of benzene rings is 1. The number of nitrogens with zero attached hydrogens (tertiary/aromatic N) is 1. The molecule has 0 aliphatic heterocycles. The van der Waals surface area contributed by atoms with Crippen molar-refractivity contribution < 1.29 is 17.7 Å². The standard InChI is InChI=1S/C16H21N3O4S/c1-4-5-10-17-16(20)13-8-6-7-9-14(13)19-24(21,22)15-11(2)18-23-12(15)3/h6-9,19H,4-5,10H2,1-3H3,(H,17,20). The Hall–Kier alpha value is -2.35. The summed E-state index contributed by atoms with van der Waals surface area (Å²) in [7, 11) is -3.90. The van der Waals surface area contributed by atoms with Crippen molar-refractivity contribution in [3.05, 3.63) is 41.3 Å². The summed E-state index contributed by atoms with van der Waals surface area (Å²) in [6.07, 6.45) is 1.82. The van der Waals surface area contributed by atoms with Crippen molar-refractivity contribution in [3.8, 4) is 0 Å². The number of para-hydroxylation sites is 1. The molecule has 1 amide bonds. The average Bonchev–Trinajstić information content (AvgIpc) is 2.87. The monoisotopic (exact) mass is 351 g/mol. The fourth-order valence-corrected chi connectivity index (χ4v) is 3.71. The van der Waals surface area contributed by atoms with E-state index < -0.39 is 10.0 Å². The summed E-state index contributed by atoms with van der Waals surface area (Å²) < 4.78 is 32.6. The van der Waals surface area contributed by atoms with Gasteiger partial charge in [-0.1, -0.05) is 30.6 Å². The van der Waals surface area contributed by atoms with Crippen LogP contribution in [0.2, 0.25) is 0 Å². The minimum Gasteiger partial charge on any atom is -0.360 e. The van der Waals surface area contributed by atoms with Gasteiger partial charge < -0.3 is 9.84 Å². The molecule has 2 N–H and O–H groups in total. The smallest absolute Gasteiger partial charge is 0.267 e. The van der Waals surface area contributed by atoms with Gasteiger partial charge in [0.15, 0.2) is 10.7 Å². The number of hydrogen-bond donors (Lipinski definition) is 2. The minimum atomic E-state index is -3.90. The minimum absolute atomic E-state index is 0.0105. The summed E-state index contributed by atoms with van der Waals surface area (Å²) in [4.78, 5) is 12.3. The second-order valence-corrected chi connectivity index (χ2v) is 7.03. The third-order valence-corrected chi connectivity index (χ3v) is 5.08. The summed E-state index contributed by atoms with van der Waals surface area (Å²) in [6.45, 7) is 5.64. The van der Waals surface area contributed by atoms with Crippen molar-refractivity contribution in [1.82, 2.24) is 10.5 Å². The largest absolute Gasteiger partial charge is 0.360 e. The summed E-state index contributed by atoms with van der Waals surface area (Å²) in [6, 6.07) is 6.47. The highest BCUT2D eigenvalue weighted by Crippen LogP contribution is 2.24. The predicted octanol–water partition coefficient (Wildman–Crippen LogP) is 2.62. The molecule has 0 atom stereocenters. The van der Waals surface area contributed by atoms with Crippen LogP contribution in [-0.4, -0.2) is 26.0 Å². The van der Waals surface area contributed by atoms with E-state index in [-0.39, 0.29) is 33.5 Å². The molecule has 1 heterocycles. The maximum atomic E-state index is 12.6. The average molecular weight is 351 g/mol. The highest BCUT2D eigenvalue weighted by molar-refractivity contribution is 7.92. The molecule has 7 nitrogen and oxygen atoms in total. The zero-order valence-electron chi connectivity index (χ0n) is 13.9. The van der Waals surface area contributed by atoms with Gasteiger partial charge in [0.05, 0.1) is 11.3 Å². The molecule has 8 heteroatoms. The summed E-state index contributed by atoms with van der Waals surface area (Å²) in [5, 5.41) is 6.44. The molecule has 0 bridgehead atoms. The number of aryl methyl sites for hydroxylation is 2. The summed E-state index contributed by atoms with van der Waals surface area (Å²) in [5.74, 6) is -0.120. The number of carbonyl (C=O) groups is 1. The number of anilines is 1. The molecule has 1 aromatic heterocycles. The molecule has 0 radical (unpaired) electrons. The SMILES string of the molecule is CCCCNC(=O)c1ccccc1NS(=O)(=O)c1c(C)noc1C. The molecule has 0 saturated heterocycles. The normalized spacial score (nSPS) is 11.3. The maximum Gasteiger partial charge on any atom is 0.267 e. The molecule has 0 aliphatic carbocycles. The van der Waals surface area contributed by atoms with Crippen molar-refractivity contribution in [2.45, 2.75) is 38.5 Å². The first-order chi connectivity index (χ1) is 11.4. The lowest BCUT2D eigenvalue weighted by Crippen LogP contribution is -2.26. The second kappa shape index (κ2) is 7.48. The van der Waals surface area contributed by atoms with Crippen molar-refractivity contribution >= 4 is 21.6 Å². The number of unbranched alkanes of at least 4 members (excludes halogenated alkanes) is 1. The van der Waals surface area contributed by atoms with Crippen molar-refractivity contribution in [1.29, 1.82) is 0 Å². The van der Waals surface area contributed by atoms with E-state index >= 15 is 0 Å². The van der Waals surface area contributed by atoms with Gasteiger partial charge in [-0.25, -0.2) is 8.42 Å². The Labute approximate surface area is 141 Å². The molecule has 0 aliphatic rings. The number of amides is 1. The first-order valence-corrected chi connectivity index (χ1v) is 9.18. The van der Waals surface area contributed by atoms with Gasteiger partial charge in [0, 0.05) is 6.54 Å². The van der Waals surface area contributed by atoms with Gasteiger partial charge in [-0.05, 0) is 32.4 Å². The molecular weight excluding hydrogens is 330 g/mol. The third kappa shape index (κ3) is 3.94. The molecule has 1 aromatic carbocycles. The Kier molecular flexibility index (Phi) is 5.61. The van der Waals surface area contributed by atoms with Crippen molar-refractivity contribution in [3.63, 3.8) is 0 Å². The first kappa shape index (κ1) is 18.0. The van der Waals surface area contributed by atoms with Crippen molar-refractivity contribution in [2.24, 2.45) is 0 Å². The Morgan fingerprint density at radius 2 is 1.96 bits per heavy atom. The second-order valence-electron chi connectivity index (χ2n) is 5.41. The quantitative estimate of drug-likeness (QED) is 0.747. The van der Waals surface area contributed by atoms with Gasteiger partial charge in [-0.15, -0.1) is 0 Å². The zero-order chi connectivity index (χ0) is 17.7. The van der Waals surface area contributed by atoms with Crippen LogP contribution in [0.15, 0.2) is 33.7 Å². The number of carbonyl (C=O) groups excluding carboxylic acids is 1. The lowest BCUT2D eigenvalue weighted by atomic mass is 10.1. The van der Waals surface area contributed by atoms with Crippen LogP contribution in [0.5, 0.6) is 0 Å². The van der Waals surface area contributed by atoms with E-state index in [4.69, 9.17) is 4.52 Å². The van der Waals surface area contributed by atoms with Crippen LogP contribution in [0.3, 0.4) is 0 Å². The lowest BCUT2D eigenvalue weighted by Gasteiger charge is -2.12. The topological polar surface area (TPSA) is 101 Å². The highest BCUT2D eigenvalue weighted by atomic mass is 32.2. The van der Waals surface area contributed by atoms with Crippen LogP contribution in [0.4, 0.5) is 5.69 Å². The molecule has 0 saturated carbocycles. The fraction of sp³-hybridized carbons (Fsp3) is 0.375. The van der Waals surface area contributed by atoms with Crippen molar-refractivity contribution in [2.75, 3.05) is 11.3 Å². The lowest BCUT2D eigenvalue weighted by molar-refractivity contribution is 0.0954. The van der Waals surface area contributed by atoms with E-state index in [0.29, 0.717) is 6.54 Å². The molecular formula is C16H21N3O4S. The van der Waals surface area contributed by atoms with Crippen LogP contribution in [0.1, 0.15) is 41.6 Å². The fourth-order valence-electron chi connectivity index (χ4n) is 2.30. The van der Waals surface area contributed by atoms with Gasteiger partial charge >= 0.3 is 0 Å². The number of hydrogen-bond acceptors (Lipinski definition) is 5. The number of rotatable bonds is 7. The van der Waals surface area contributed by atoms with Gasteiger partial charge in [-0.2, -0.15) is 0 Å². The molecule has 2 rings (SSSR count). The van der Waals surface area contributed by atoms with Crippen LogP contribution in [-0.2, 0) is 10.0 Å². The van der Waals surface area contributed by atoms with Crippen LogP contribution in [0.25, 0.3) is 0 Å². The van der Waals surface area contributed by atoms with E-state index in [9.17, 15) is 13.2 Å².